The van der Waals surface area contributed by atoms with Gasteiger partial charge in [-0.3, -0.25) is 0 Å². The highest BCUT2D eigenvalue weighted by molar-refractivity contribution is 7.09. The van der Waals surface area contributed by atoms with Crippen LogP contribution in [0.1, 0.15) is 45.2 Å². The lowest BCUT2D eigenvalue weighted by Crippen LogP contribution is -2.38. The van der Waals surface area contributed by atoms with Gasteiger partial charge in [-0.15, -0.1) is 11.3 Å². The Balaban J connectivity index is 2.26. The van der Waals surface area contributed by atoms with Crippen molar-refractivity contribution < 1.29 is 0 Å². The van der Waals surface area contributed by atoms with Crippen molar-refractivity contribution in [2.24, 2.45) is 11.1 Å². The van der Waals surface area contributed by atoms with Gasteiger partial charge < -0.3 is 11.1 Å². The Bertz CT molecular complexity index is 290. The van der Waals surface area contributed by atoms with E-state index in [9.17, 15) is 0 Å². The smallest absolute Gasteiger partial charge is 0.109 e. The molecule has 1 rings (SSSR count). The average molecular weight is 241 g/mol. The maximum absolute atomic E-state index is 6.10. The summed E-state index contributed by atoms with van der Waals surface area (Å²) in [6.45, 7) is 9.63. The van der Waals surface area contributed by atoms with Crippen molar-refractivity contribution in [2.75, 3.05) is 6.54 Å². The van der Waals surface area contributed by atoms with Crippen LogP contribution in [0.3, 0.4) is 0 Å². The SMILES string of the molecule is CC(NCCC(N)C(C)(C)C)c1nccs1. The zero-order chi connectivity index (χ0) is 12.2. The van der Waals surface area contributed by atoms with Crippen LogP contribution in [0, 0.1) is 5.41 Å². The summed E-state index contributed by atoms with van der Waals surface area (Å²) in [6, 6.07) is 0.565. The first-order valence-electron chi connectivity index (χ1n) is 5.79. The monoisotopic (exact) mass is 241 g/mol. The van der Waals surface area contributed by atoms with Crippen molar-refractivity contribution in [3.05, 3.63) is 16.6 Å². The lowest BCUT2D eigenvalue weighted by molar-refractivity contribution is 0.300. The predicted molar refractivity (Wildman–Crippen MR) is 70.6 cm³/mol. The standard InChI is InChI=1S/C12H23N3S/c1-9(11-15-7-8-16-11)14-6-5-10(13)12(2,3)4/h7-10,14H,5-6,13H2,1-4H3. The van der Waals surface area contributed by atoms with E-state index in [-0.39, 0.29) is 11.5 Å². The molecule has 1 heterocycles. The predicted octanol–water partition coefficient (Wildman–Crippen LogP) is 2.56. The highest BCUT2D eigenvalue weighted by atomic mass is 32.1. The summed E-state index contributed by atoms with van der Waals surface area (Å²) < 4.78 is 0. The van der Waals surface area contributed by atoms with Gasteiger partial charge in [-0.05, 0) is 25.3 Å². The number of nitrogens with one attached hydrogen (secondary N) is 1. The van der Waals surface area contributed by atoms with Crippen molar-refractivity contribution in [3.8, 4) is 0 Å². The Morgan fingerprint density at radius 3 is 2.69 bits per heavy atom. The van der Waals surface area contributed by atoms with E-state index in [0.717, 1.165) is 18.0 Å². The minimum Gasteiger partial charge on any atom is -0.327 e. The van der Waals surface area contributed by atoms with Crippen LogP contribution in [0.15, 0.2) is 11.6 Å². The van der Waals surface area contributed by atoms with Gasteiger partial charge in [0.25, 0.3) is 0 Å². The lowest BCUT2D eigenvalue weighted by atomic mass is 9.85. The Morgan fingerprint density at radius 1 is 1.50 bits per heavy atom. The number of nitrogens with two attached hydrogens (primary N) is 1. The maximum atomic E-state index is 6.10. The molecule has 0 saturated carbocycles. The van der Waals surface area contributed by atoms with Gasteiger partial charge in [0.1, 0.15) is 5.01 Å². The van der Waals surface area contributed by atoms with Crippen LogP contribution < -0.4 is 11.1 Å². The Labute approximate surface area is 102 Å². The molecule has 0 fully saturated rings. The van der Waals surface area contributed by atoms with Crippen LogP contribution in [0.2, 0.25) is 0 Å². The zero-order valence-corrected chi connectivity index (χ0v) is 11.5. The molecule has 0 spiro atoms. The molecule has 0 aliphatic rings. The van der Waals surface area contributed by atoms with Crippen molar-refractivity contribution in [2.45, 2.75) is 46.2 Å². The molecule has 0 radical (unpaired) electrons. The second-order valence-corrected chi connectivity index (χ2v) is 6.23. The van der Waals surface area contributed by atoms with Crippen molar-refractivity contribution in [1.82, 2.24) is 10.3 Å². The lowest BCUT2D eigenvalue weighted by Gasteiger charge is -2.27. The second-order valence-electron chi connectivity index (χ2n) is 5.31. The van der Waals surface area contributed by atoms with Crippen LogP contribution in [0.25, 0.3) is 0 Å². The summed E-state index contributed by atoms with van der Waals surface area (Å²) in [5, 5.41) is 6.61. The fourth-order valence-electron chi connectivity index (χ4n) is 1.42. The summed E-state index contributed by atoms with van der Waals surface area (Å²) >= 11 is 1.69. The number of nitrogens with zero attached hydrogens (tertiary/aromatic N) is 1. The normalized spacial score (nSPS) is 16.1. The van der Waals surface area contributed by atoms with Gasteiger partial charge in [0, 0.05) is 17.6 Å². The molecule has 3 N–H and O–H groups in total. The molecule has 0 amide bonds. The molecular weight excluding hydrogens is 218 g/mol. The summed E-state index contributed by atoms with van der Waals surface area (Å²) in [4.78, 5) is 4.29. The molecule has 2 atom stereocenters. The van der Waals surface area contributed by atoms with E-state index in [0.29, 0.717) is 6.04 Å². The summed E-state index contributed by atoms with van der Waals surface area (Å²) in [6.07, 6.45) is 2.85. The van der Waals surface area contributed by atoms with E-state index in [1.807, 2.05) is 11.6 Å². The molecule has 16 heavy (non-hydrogen) atoms. The van der Waals surface area contributed by atoms with E-state index in [2.05, 4.69) is 38.0 Å². The van der Waals surface area contributed by atoms with Crippen LogP contribution in [-0.4, -0.2) is 17.6 Å². The number of thiazole rings is 1. The van der Waals surface area contributed by atoms with Crippen molar-refractivity contribution >= 4 is 11.3 Å². The summed E-state index contributed by atoms with van der Waals surface area (Å²) in [5.74, 6) is 0. The van der Waals surface area contributed by atoms with Crippen LogP contribution >= 0.6 is 11.3 Å². The first kappa shape index (κ1) is 13.6. The van der Waals surface area contributed by atoms with Gasteiger partial charge in [0.05, 0.1) is 6.04 Å². The molecule has 3 nitrogen and oxygen atoms in total. The van der Waals surface area contributed by atoms with Gasteiger partial charge >= 0.3 is 0 Å². The second kappa shape index (κ2) is 5.75. The molecular formula is C12H23N3S. The van der Waals surface area contributed by atoms with E-state index < -0.39 is 0 Å². The first-order chi connectivity index (χ1) is 7.41. The fraction of sp³-hybridized carbons (Fsp3) is 0.750. The first-order valence-corrected chi connectivity index (χ1v) is 6.67. The van der Waals surface area contributed by atoms with Crippen LogP contribution in [0.4, 0.5) is 0 Å². The van der Waals surface area contributed by atoms with E-state index >= 15 is 0 Å². The van der Waals surface area contributed by atoms with Gasteiger partial charge in [-0.2, -0.15) is 0 Å². The van der Waals surface area contributed by atoms with Crippen molar-refractivity contribution in [3.63, 3.8) is 0 Å². The molecule has 2 unspecified atom stereocenters. The minimum absolute atomic E-state index is 0.187. The summed E-state index contributed by atoms with van der Waals surface area (Å²) in [7, 11) is 0. The highest BCUT2D eigenvalue weighted by Gasteiger charge is 2.20. The third kappa shape index (κ3) is 4.20. The van der Waals surface area contributed by atoms with E-state index in [1.54, 1.807) is 11.3 Å². The molecule has 92 valence electrons. The zero-order valence-electron chi connectivity index (χ0n) is 10.7. The number of hydrogen-bond acceptors (Lipinski definition) is 4. The number of aromatic nitrogens is 1. The topological polar surface area (TPSA) is 50.9 Å². The Hall–Kier alpha value is -0.450. The molecule has 0 aliphatic carbocycles. The van der Waals surface area contributed by atoms with Gasteiger partial charge in [0.2, 0.25) is 0 Å². The molecule has 0 aliphatic heterocycles. The highest BCUT2D eigenvalue weighted by Crippen LogP contribution is 2.20. The third-order valence-corrected chi connectivity index (χ3v) is 3.80. The molecule has 0 aromatic carbocycles. The van der Waals surface area contributed by atoms with E-state index in [1.165, 1.54) is 0 Å². The molecule has 0 bridgehead atoms. The van der Waals surface area contributed by atoms with Crippen LogP contribution in [0.5, 0.6) is 0 Å². The van der Waals surface area contributed by atoms with Crippen molar-refractivity contribution in [1.29, 1.82) is 0 Å². The van der Waals surface area contributed by atoms with Crippen LogP contribution in [-0.2, 0) is 0 Å². The molecule has 4 heteroatoms. The number of rotatable bonds is 5. The van der Waals surface area contributed by atoms with Gasteiger partial charge in [-0.25, -0.2) is 4.98 Å². The quantitative estimate of drug-likeness (QED) is 0.833. The molecule has 0 saturated heterocycles. The minimum atomic E-state index is 0.187. The summed E-state index contributed by atoms with van der Waals surface area (Å²) in [5.41, 5.74) is 6.29. The number of hydrogen-bond donors (Lipinski definition) is 2. The molecule has 1 aromatic rings. The third-order valence-electron chi connectivity index (χ3n) is 2.84. The Morgan fingerprint density at radius 2 is 2.19 bits per heavy atom. The maximum Gasteiger partial charge on any atom is 0.109 e. The Kier molecular flexibility index (Phi) is 4.89. The fourth-order valence-corrected chi connectivity index (χ4v) is 2.09. The molecule has 1 aromatic heterocycles. The average Bonchev–Trinajstić information content (AvgIpc) is 2.68. The van der Waals surface area contributed by atoms with Gasteiger partial charge in [0.15, 0.2) is 0 Å². The van der Waals surface area contributed by atoms with E-state index in [4.69, 9.17) is 5.73 Å². The van der Waals surface area contributed by atoms with Gasteiger partial charge in [-0.1, -0.05) is 20.8 Å². The largest absolute Gasteiger partial charge is 0.327 e.